The predicted octanol–water partition coefficient (Wildman–Crippen LogP) is 1.84. The highest BCUT2D eigenvalue weighted by Gasteiger charge is 2.12. The van der Waals surface area contributed by atoms with E-state index in [1.807, 2.05) is 6.08 Å². The summed E-state index contributed by atoms with van der Waals surface area (Å²) in [6, 6.07) is 0. The Kier molecular flexibility index (Phi) is 3.44. The first-order chi connectivity index (χ1) is 7.38. The van der Waals surface area contributed by atoms with Crippen LogP contribution in [0.25, 0.3) is 0 Å². The molecule has 0 aromatic carbocycles. The molecule has 1 aliphatic carbocycles. The summed E-state index contributed by atoms with van der Waals surface area (Å²) in [5.74, 6) is 0. The Balaban J connectivity index is 2.17. The molecule has 0 bridgehead atoms. The lowest BCUT2D eigenvalue weighted by Crippen LogP contribution is -2.42. The van der Waals surface area contributed by atoms with Crippen molar-refractivity contribution >= 4 is 0 Å². The van der Waals surface area contributed by atoms with Crippen LogP contribution in [-0.2, 0) is 0 Å². The quantitative estimate of drug-likeness (QED) is 0.653. The first kappa shape index (κ1) is 10.3. The van der Waals surface area contributed by atoms with Gasteiger partial charge in [-0.1, -0.05) is 6.08 Å². The van der Waals surface area contributed by atoms with Gasteiger partial charge in [-0.3, -0.25) is 0 Å². The lowest BCUT2D eigenvalue weighted by atomic mass is 10.1. The highest BCUT2D eigenvalue weighted by molar-refractivity contribution is 5.29. The summed E-state index contributed by atoms with van der Waals surface area (Å²) in [4.78, 5) is 2.47. The van der Waals surface area contributed by atoms with Crippen LogP contribution in [0.1, 0.15) is 13.3 Å². The summed E-state index contributed by atoms with van der Waals surface area (Å²) in [5.41, 5.74) is 5.97. The summed E-state index contributed by atoms with van der Waals surface area (Å²) in [6.07, 6.45) is 9.38. The standard InChI is InChI=1S/C13H18N2/c1-12-6-4-2-3-5-7-13(12)15-10-8-14-9-11-15/h3-5,7,14H,6,8-11H2,1H3/b7-5-,13-12+. The molecule has 15 heavy (non-hydrogen) atoms. The molecule has 2 rings (SSSR count). The van der Waals surface area contributed by atoms with Crippen molar-refractivity contribution in [2.75, 3.05) is 26.2 Å². The van der Waals surface area contributed by atoms with Gasteiger partial charge in [-0.05, 0) is 37.1 Å². The summed E-state index contributed by atoms with van der Waals surface area (Å²) in [7, 11) is 0. The van der Waals surface area contributed by atoms with E-state index in [1.165, 1.54) is 11.3 Å². The molecular formula is C13H18N2. The third-order valence-electron chi connectivity index (χ3n) is 2.87. The maximum atomic E-state index is 3.38. The van der Waals surface area contributed by atoms with Crippen molar-refractivity contribution in [3.8, 4) is 0 Å². The number of nitrogens with zero attached hydrogens (tertiary/aromatic N) is 1. The maximum Gasteiger partial charge on any atom is 0.0359 e. The minimum atomic E-state index is 1.01. The van der Waals surface area contributed by atoms with Gasteiger partial charge in [0.05, 0.1) is 0 Å². The molecule has 2 heteroatoms. The Hall–Kier alpha value is -1.24. The van der Waals surface area contributed by atoms with Crippen LogP contribution in [0.15, 0.2) is 41.3 Å². The number of rotatable bonds is 1. The normalized spacial score (nSPS) is 28.7. The molecule has 0 atom stereocenters. The van der Waals surface area contributed by atoms with Gasteiger partial charge >= 0.3 is 0 Å². The van der Waals surface area contributed by atoms with Gasteiger partial charge in [0.2, 0.25) is 0 Å². The molecule has 0 unspecified atom stereocenters. The minimum absolute atomic E-state index is 1.01. The lowest BCUT2D eigenvalue weighted by Gasteiger charge is -2.31. The van der Waals surface area contributed by atoms with Crippen molar-refractivity contribution in [2.24, 2.45) is 0 Å². The number of nitrogens with one attached hydrogen (secondary N) is 1. The summed E-state index contributed by atoms with van der Waals surface area (Å²) >= 11 is 0. The maximum absolute atomic E-state index is 3.38. The van der Waals surface area contributed by atoms with E-state index < -0.39 is 0 Å². The van der Waals surface area contributed by atoms with Crippen molar-refractivity contribution < 1.29 is 0 Å². The van der Waals surface area contributed by atoms with E-state index in [4.69, 9.17) is 0 Å². The van der Waals surface area contributed by atoms with E-state index in [2.05, 4.69) is 41.1 Å². The average molecular weight is 202 g/mol. The monoisotopic (exact) mass is 202 g/mol. The first-order valence-electron chi connectivity index (χ1n) is 5.61. The summed E-state index contributed by atoms with van der Waals surface area (Å²) < 4.78 is 0. The van der Waals surface area contributed by atoms with Crippen molar-refractivity contribution in [1.29, 1.82) is 0 Å². The Morgan fingerprint density at radius 1 is 1.33 bits per heavy atom. The van der Waals surface area contributed by atoms with Crippen molar-refractivity contribution in [3.63, 3.8) is 0 Å². The van der Waals surface area contributed by atoms with Crippen LogP contribution >= 0.6 is 0 Å². The number of piperazine rings is 1. The first-order valence-corrected chi connectivity index (χ1v) is 5.61. The molecule has 2 nitrogen and oxygen atoms in total. The molecule has 0 aromatic heterocycles. The fourth-order valence-corrected chi connectivity index (χ4v) is 2.00. The lowest BCUT2D eigenvalue weighted by molar-refractivity contribution is 0.304. The van der Waals surface area contributed by atoms with E-state index in [1.54, 1.807) is 0 Å². The predicted molar refractivity (Wildman–Crippen MR) is 63.6 cm³/mol. The highest BCUT2D eigenvalue weighted by atomic mass is 15.2. The van der Waals surface area contributed by atoms with Crippen molar-refractivity contribution in [3.05, 3.63) is 41.3 Å². The zero-order valence-corrected chi connectivity index (χ0v) is 9.29. The number of hydrogen-bond acceptors (Lipinski definition) is 2. The molecule has 1 N–H and O–H groups in total. The zero-order chi connectivity index (χ0) is 10.5. The Morgan fingerprint density at radius 2 is 2.13 bits per heavy atom. The molecule has 0 spiro atoms. The second-order valence-electron chi connectivity index (χ2n) is 4.00. The SMILES string of the molecule is C/C1=C(N2CCNCC2)/C=C\C=C=CC1. The van der Waals surface area contributed by atoms with E-state index >= 15 is 0 Å². The van der Waals surface area contributed by atoms with Crippen LogP contribution in [0.2, 0.25) is 0 Å². The summed E-state index contributed by atoms with van der Waals surface area (Å²) in [6.45, 7) is 6.63. The third kappa shape index (κ3) is 2.62. The molecule has 0 radical (unpaired) electrons. The number of hydrogen-bond donors (Lipinski definition) is 1. The molecule has 0 aromatic rings. The van der Waals surface area contributed by atoms with E-state index in [0.29, 0.717) is 0 Å². The zero-order valence-electron chi connectivity index (χ0n) is 9.29. The van der Waals surface area contributed by atoms with E-state index in [0.717, 1.165) is 32.6 Å². The molecule has 1 heterocycles. The van der Waals surface area contributed by atoms with Crippen LogP contribution < -0.4 is 5.32 Å². The molecule has 80 valence electrons. The topological polar surface area (TPSA) is 15.3 Å². The molecule has 1 fully saturated rings. The van der Waals surface area contributed by atoms with Crippen molar-refractivity contribution in [1.82, 2.24) is 10.2 Å². The van der Waals surface area contributed by atoms with E-state index in [-0.39, 0.29) is 0 Å². The van der Waals surface area contributed by atoms with Gasteiger partial charge < -0.3 is 10.2 Å². The third-order valence-corrected chi connectivity index (χ3v) is 2.87. The Bertz CT molecular complexity index is 338. The fourth-order valence-electron chi connectivity index (χ4n) is 2.00. The van der Waals surface area contributed by atoms with Crippen molar-refractivity contribution in [2.45, 2.75) is 13.3 Å². The smallest absolute Gasteiger partial charge is 0.0359 e. The fraction of sp³-hybridized carbons (Fsp3) is 0.462. The van der Waals surface area contributed by atoms with Crippen LogP contribution in [0, 0.1) is 0 Å². The molecule has 1 aliphatic heterocycles. The van der Waals surface area contributed by atoms with Gasteiger partial charge in [-0.25, -0.2) is 0 Å². The molecule has 0 amide bonds. The molecule has 0 saturated carbocycles. The van der Waals surface area contributed by atoms with Gasteiger partial charge in [0, 0.05) is 31.9 Å². The summed E-state index contributed by atoms with van der Waals surface area (Å²) in [5, 5.41) is 3.38. The van der Waals surface area contributed by atoms with Gasteiger partial charge in [-0.2, -0.15) is 0 Å². The Morgan fingerprint density at radius 3 is 2.93 bits per heavy atom. The van der Waals surface area contributed by atoms with Crippen LogP contribution in [0.4, 0.5) is 0 Å². The largest absolute Gasteiger partial charge is 0.369 e. The van der Waals surface area contributed by atoms with Crippen LogP contribution in [0.5, 0.6) is 0 Å². The molecular weight excluding hydrogens is 184 g/mol. The second kappa shape index (κ2) is 5.01. The highest BCUT2D eigenvalue weighted by Crippen LogP contribution is 2.17. The van der Waals surface area contributed by atoms with E-state index in [9.17, 15) is 0 Å². The van der Waals surface area contributed by atoms with Gasteiger partial charge in [0.25, 0.3) is 0 Å². The van der Waals surface area contributed by atoms with Gasteiger partial charge in [-0.15, -0.1) is 5.73 Å². The Labute approximate surface area is 91.7 Å². The average Bonchev–Trinajstić information content (AvgIpc) is 2.25. The second-order valence-corrected chi connectivity index (χ2v) is 4.00. The van der Waals surface area contributed by atoms with Gasteiger partial charge in [0.1, 0.15) is 0 Å². The van der Waals surface area contributed by atoms with Crippen LogP contribution in [0.3, 0.4) is 0 Å². The van der Waals surface area contributed by atoms with Crippen LogP contribution in [-0.4, -0.2) is 31.1 Å². The molecule has 2 aliphatic rings. The minimum Gasteiger partial charge on any atom is -0.369 e. The number of allylic oxidation sites excluding steroid dienone is 4. The molecule has 1 saturated heterocycles. The van der Waals surface area contributed by atoms with Gasteiger partial charge in [0.15, 0.2) is 0 Å².